The molecule has 3 rings (SSSR count). The molecule has 1 N–H and O–H groups in total. The fourth-order valence-electron chi connectivity index (χ4n) is 3.47. The molecular formula is C21H29N3O. The van der Waals surface area contributed by atoms with Crippen LogP contribution in [0.25, 0.3) is 11.1 Å². The van der Waals surface area contributed by atoms with E-state index in [-0.39, 0.29) is 5.91 Å². The number of aromatic nitrogens is 1. The summed E-state index contributed by atoms with van der Waals surface area (Å²) >= 11 is 0. The van der Waals surface area contributed by atoms with Crippen molar-refractivity contribution >= 4 is 5.91 Å². The van der Waals surface area contributed by atoms with Crippen molar-refractivity contribution in [2.24, 2.45) is 0 Å². The van der Waals surface area contributed by atoms with Gasteiger partial charge in [0.2, 0.25) is 0 Å². The molecule has 4 nitrogen and oxygen atoms in total. The van der Waals surface area contributed by atoms with Gasteiger partial charge >= 0.3 is 0 Å². The molecule has 2 aromatic rings. The van der Waals surface area contributed by atoms with Crippen molar-refractivity contribution in [3.8, 4) is 11.1 Å². The van der Waals surface area contributed by atoms with E-state index in [2.05, 4.69) is 54.5 Å². The lowest BCUT2D eigenvalue weighted by Crippen LogP contribution is -2.38. The summed E-state index contributed by atoms with van der Waals surface area (Å²) in [6.07, 6.45) is 5.98. The number of hydrogen-bond donors (Lipinski definition) is 1. The van der Waals surface area contributed by atoms with Crippen molar-refractivity contribution in [2.75, 3.05) is 26.2 Å². The number of benzene rings is 1. The monoisotopic (exact) mass is 339 g/mol. The second-order valence-corrected chi connectivity index (χ2v) is 6.92. The number of nitrogens with zero attached hydrogens (tertiary/aromatic N) is 2. The Morgan fingerprint density at radius 1 is 1.08 bits per heavy atom. The molecule has 0 unspecified atom stereocenters. The van der Waals surface area contributed by atoms with Gasteiger partial charge in [-0.05, 0) is 51.4 Å². The van der Waals surface area contributed by atoms with Crippen LogP contribution in [-0.4, -0.2) is 41.6 Å². The van der Waals surface area contributed by atoms with Crippen molar-refractivity contribution in [3.05, 3.63) is 47.8 Å². The number of piperidine rings is 1. The van der Waals surface area contributed by atoms with Crippen molar-refractivity contribution in [1.82, 2.24) is 14.8 Å². The molecule has 1 saturated heterocycles. The summed E-state index contributed by atoms with van der Waals surface area (Å²) in [6, 6.07) is 10.4. The fourth-order valence-corrected chi connectivity index (χ4v) is 3.47. The van der Waals surface area contributed by atoms with Gasteiger partial charge < -0.3 is 14.8 Å². The van der Waals surface area contributed by atoms with Gasteiger partial charge in [-0.3, -0.25) is 4.79 Å². The zero-order valence-corrected chi connectivity index (χ0v) is 15.4. The van der Waals surface area contributed by atoms with E-state index in [1.165, 1.54) is 37.9 Å². The predicted octanol–water partition coefficient (Wildman–Crippen LogP) is 3.70. The third-order valence-electron chi connectivity index (χ3n) is 5.02. The van der Waals surface area contributed by atoms with E-state index in [1.54, 1.807) is 0 Å². The van der Waals surface area contributed by atoms with Crippen LogP contribution in [0.2, 0.25) is 0 Å². The van der Waals surface area contributed by atoms with Crippen LogP contribution in [0.15, 0.2) is 36.5 Å². The summed E-state index contributed by atoms with van der Waals surface area (Å²) in [4.78, 5) is 15.1. The molecule has 0 aliphatic carbocycles. The Kier molecular flexibility index (Phi) is 5.92. The first-order valence-corrected chi connectivity index (χ1v) is 9.45. The number of rotatable bonds is 6. The van der Waals surface area contributed by atoms with Crippen LogP contribution in [0.4, 0.5) is 0 Å². The van der Waals surface area contributed by atoms with Crippen LogP contribution in [0.1, 0.15) is 42.2 Å². The zero-order chi connectivity index (χ0) is 17.6. The Bertz CT molecular complexity index is 696. The molecule has 25 heavy (non-hydrogen) atoms. The van der Waals surface area contributed by atoms with Crippen molar-refractivity contribution < 1.29 is 4.79 Å². The smallest absolute Gasteiger partial charge is 0.267 e. The molecule has 0 atom stereocenters. The normalized spacial score (nSPS) is 15.3. The highest BCUT2D eigenvalue weighted by atomic mass is 16.1. The molecule has 0 saturated carbocycles. The van der Waals surface area contributed by atoms with Gasteiger partial charge in [-0.2, -0.15) is 0 Å². The quantitative estimate of drug-likeness (QED) is 0.871. The zero-order valence-electron chi connectivity index (χ0n) is 15.4. The summed E-state index contributed by atoms with van der Waals surface area (Å²) in [7, 11) is 0. The maximum Gasteiger partial charge on any atom is 0.267 e. The minimum absolute atomic E-state index is 0.0252. The fraction of sp³-hybridized carbons (Fsp3) is 0.476. The average Bonchev–Trinajstić information content (AvgIpc) is 3.07. The Morgan fingerprint density at radius 2 is 1.80 bits per heavy atom. The molecule has 134 valence electrons. The molecule has 1 aliphatic rings. The van der Waals surface area contributed by atoms with E-state index in [0.29, 0.717) is 6.54 Å². The van der Waals surface area contributed by atoms with E-state index >= 15 is 0 Å². The number of likely N-dealkylation sites (tertiary alicyclic amines) is 1. The molecule has 0 spiro atoms. The van der Waals surface area contributed by atoms with Gasteiger partial charge in [-0.25, -0.2) is 0 Å². The molecule has 0 bridgehead atoms. The molecule has 1 aromatic heterocycles. The third kappa shape index (κ3) is 4.51. The number of amides is 1. The summed E-state index contributed by atoms with van der Waals surface area (Å²) in [5, 5.41) is 3.09. The lowest BCUT2D eigenvalue weighted by atomic mass is 10.1. The summed E-state index contributed by atoms with van der Waals surface area (Å²) in [6.45, 7) is 8.95. The van der Waals surface area contributed by atoms with Crippen LogP contribution in [0.3, 0.4) is 0 Å². The highest BCUT2D eigenvalue weighted by molar-refractivity contribution is 5.94. The van der Waals surface area contributed by atoms with Gasteiger partial charge in [0.25, 0.3) is 5.91 Å². The molecule has 1 fully saturated rings. The summed E-state index contributed by atoms with van der Waals surface area (Å²) < 4.78 is 2.03. The van der Waals surface area contributed by atoms with Crippen molar-refractivity contribution in [2.45, 2.75) is 39.7 Å². The first-order chi connectivity index (χ1) is 12.2. The van der Waals surface area contributed by atoms with Gasteiger partial charge in [-0.15, -0.1) is 0 Å². The molecule has 2 heterocycles. The Morgan fingerprint density at radius 3 is 2.48 bits per heavy atom. The molecule has 1 aromatic carbocycles. The maximum absolute atomic E-state index is 12.6. The van der Waals surface area contributed by atoms with Gasteiger partial charge in [0, 0.05) is 31.4 Å². The lowest BCUT2D eigenvalue weighted by molar-refractivity contribution is 0.0937. The van der Waals surface area contributed by atoms with E-state index in [9.17, 15) is 4.79 Å². The first kappa shape index (κ1) is 17.7. The number of nitrogens with one attached hydrogen (secondary N) is 1. The Labute approximate surface area is 150 Å². The average molecular weight is 339 g/mol. The SMILES string of the molecule is CCn1cc(-c2ccc(C)cc2)cc1C(=O)NCCN1CCCCC1. The number of aryl methyl sites for hydroxylation is 2. The van der Waals surface area contributed by atoms with Crippen LogP contribution < -0.4 is 5.32 Å². The molecule has 1 amide bonds. The largest absolute Gasteiger partial charge is 0.349 e. The van der Waals surface area contributed by atoms with Gasteiger partial charge in [0.15, 0.2) is 0 Å². The predicted molar refractivity (Wildman–Crippen MR) is 103 cm³/mol. The maximum atomic E-state index is 12.6. The highest BCUT2D eigenvalue weighted by Crippen LogP contribution is 2.23. The third-order valence-corrected chi connectivity index (χ3v) is 5.02. The van der Waals surface area contributed by atoms with E-state index in [1.807, 2.05) is 10.6 Å². The second kappa shape index (κ2) is 8.34. The van der Waals surface area contributed by atoms with E-state index in [4.69, 9.17) is 0 Å². The van der Waals surface area contributed by atoms with Crippen LogP contribution in [0.5, 0.6) is 0 Å². The summed E-state index contributed by atoms with van der Waals surface area (Å²) in [5.74, 6) is 0.0252. The minimum Gasteiger partial charge on any atom is -0.349 e. The highest BCUT2D eigenvalue weighted by Gasteiger charge is 2.15. The van der Waals surface area contributed by atoms with Crippen molar-refractivity contribution in [1.29, 1.82) is 0 Å². The van der Waals surface area contributed by atoms with Crippen LogP contribution in [0, 0.1) is 6.92 Å². The standard InChI is InChI=1S/C21H29N3O/c1-3-24-16-19(18-9-7-17(2)8-10-18)15-20(24)21(25)22-11-14-23-12-5-4-6-13-23/h7-10,15-16H,3-6,11-14H2,1-2H3,(H,22,25). The molecule has 0 radical (unpaired) electrons. The molecule has 1 aliphatic heterocycles. The first-order valence-electron chi connectivity index (χ1n) is 9.45. The van der Waals surface area contributed by atoms with E-state index < -0.39 is 0 Å². The van der Waals surface area contributed by atoms with Crippen molar-refractivity contribution in [3.63, 3.8) is 0 Å². The molecular weight excluding hydrogens is 310 g/mol. The Hall–Kier alpha value is -2.07. The lowest BCUT2D eigenvalue weighted by Gasteiger charge is -2.26. The van der Waals surface area contributed by atoms with Gasteiger partial charge in [0.05, 0.1) is 0 Å². The second-order valence-electron chi connectivity index (χ2n) is 6.92. The van der Waals surface area contributed by atoms with Gasteiger partial charge in [0.1, 0.15) is 5.69 Å². The summed E-state index contributed by atoms with van der Waals surface area (Å²) in [5.41, 5.74) is 4.24. The van der Waals surface area contributed by atoms with Gasteiger partial charge in [-0.1, -0.05) is 36.2 Å². The molecule has 4 heteroatoms. The number of hydrogen-bond acceptors (Lipinski definition) is 2. The minimum atomic E-state index is 0.0252. The topological polar surface area (TPSA) is 37.3 Å². The van der Waals surface area contributed by atoms with E-state index in [0.717, 1.165) is 29.9 Å². The van der Waals surface area contributed by atoms with Crippen LogP contribution in [-0.2, 0) is 6.54 Å². The van der Waals surface area contributed by atoms with Crippen LogP contribution >= 0.6 is 0 Å². The Balaban J connectivity index is 1.64. The number of carbonyl (C=O) groups excluding carboxylic acids is 1. The number of carbonyl (C=O) groups is 1.